The molecule has 2 atom stereocenters. The van der Waals surface area contributed by atoms with Crippen LogP contribution in [0.1, 0.15) is 6.92 Å². The third-order valence-electron chi connectivity index (χ3n) is 1.74. The van der Waals surface area contributed by atoms with Crippen LogP contribution < -0.4 is 0 Å². The minimum Gasteiger partial charge on any atom is -0.376 e. The van der Waals surface area contributed by atoms with Gasteiger partial charge in [0, 0.05) is 0 Å². The Balaban J connectivity index is 3.07. The van der Waals surface area contributed by atoms with Gasteiger partial charge in [0.1, 0.15) is 0 Å². The number of hydroxylamine groups is 4. The molecule has 4 N–H and O–H groups in total. The van der Waals surface area contributed by atoms with Crippen LogP contribution in [0, 0.1) is 0 Å². The molecule has 0 saturated carbocycles. The van der Waals surface area contributed by atoms with Crippen molar-refractivity contribution in [2.75, 3.05) is 0 Å². The lowest BCUT2D eigenvalue weighted by molar-refractivity contribution is -0.265. The van der Waals surface area contributed by atoms with Crippen LogP contribution in [0.2, 0.25) is 0 Å². The predicted octanol–water partition coefficient (Wildman–Crippen LogP) is -1.90. The zero-order chi connectivity index (χ0) is 10.4. The van der Waals surface area contributed by atoms with Gasteiger partial charge in [-0.2, -0.15) is 5.06 Å². The van der Waals surface area contributed by atoms with Crippen LogP contribution >= 0.6 is 0 Å². The monoisotopic (exact) mass is 192 g/mol. The Morgan fingerprint density at radius 2 is 1.85 bits per heavy atom. The summed E-state index contributed by atoms with van der Waals surface area (Å²) in [4.78, 5) is 21.6. The summed E-state index contributed by atoms with van der Waals surface area (Å²) in [5, 5.41) is 34.9. The van der Waals surface area contributed by atoms with Crippen molar-refractivity contribution in [1.82, 2.24) is 10.1 Å². The minimum atomic E-state index is -2.43. The van der Waals surface area contributed by atoms with Gasteiger partial charge < -0.3 is 10.2 Å². The maximum atomic E-state index is 10.9. The fraction of sp³-hybridized carbons (Fsp3) is 0.600. The van der Waals surface area contributed by atoms with Crippen molar-refractivity contribution in [2.24, 2.45) is 0 Å². The summed E-state index contributed by atoms with van der Waals surface area (Å²) < 4.78 is 0. The zero-order valence-corrected chi connectivity index (χ0v) is 6.58. The molecule has 13 heavy (non-hydrogen) atoms. The Morgan fingerprint density at radius 1 is 1.38 bits per heavy atom. The minimum absolute atomic E-state index is 0.346. The second-order valence-electron chi connectivity index (χ2n) is 2.77. The molecule has 8 nitrogen and oxygen atoms in total. The Hall–Kier alpha value is -1.22. The van der Waals surface area contributed by atoms with E-state index < -0.39 is 28.8 Å². The molecule has 1 heterocycles. The number of carbonyl (C=O) groups is 2. The van der Waals surface area contributed by atoms with Gasteiger partial charge in [0.2, 0.25) is 0 Å². The van der Waals surface area contributed by atoms with Gasteiger partial charge in [-0.15, -0.1) is 5.06 Å². The van der Waals surface area contributed by atoms with Crippen molar-refractivity contribution < 1.29 is 30.2 Å². The molecular formula is C5H8N2O6. The van der Waals surface area contributed by atoms with Crippen LogP contribution in [0.4, 0.5) is 4.79 Å². The van der Waals surface area contributed by atoms with Gasteiger partial charge in [-0.05, 0) is 6.92 Å². The van der Waals surface area contributed by atoms with Crippen molar-refractivity contribution in [3.05, 3.63) is 0 Å². The summed E-state index contributed by atoms with van der Waals surface area (Å²) in [5.74, 6) is -1.41. The number of hydrogen-bond acceptors (Lipinski definition) is 6. The number of amides is 3. The van der Waals surface area contributed by atoms with Gasteiger partial charge >= 0.3 is 6.03 Å². The highest BCUT2D eigenvalue weighted by atomic mass is 16.6. The number of hydrogen-bond donors (Lipinski definition) is 4. The van der Waals surface area contributed by atoms with E-state index in [-0.39, 0.29) is 5.06 Å². The molecule has 0 radical (unpaired) electrons. The predicted molar refractivity (Wildman–Crippen MR) is 34.3 cm³/mol. The summed E-state index contributed by atoms with van der Waals surface area (Å²) in [6.07, 6.45) is -2.10. The molecule has 1 aliphatic rings. The molecule has 0 aromatic heterocycles. The average Bonchev–Trinajstić information content (AvgIpc) is 2.09. The smallest absolute Gasteiger partial charge is 0.376 e. The number of imide groups is 1. The highest BCUT2D eigenvalue weighted by Gasteiger charge is 2.53. The summed E-state index contributed by atoms with van der Waals surface area (Å²) in [5.41, 5.74) is -2.43. The van der Waals surface area contributed by atoms with E-state index in [1.165, 1.54) is 0 Å². The standard InChI is InChI=1S/C5H8N2O6/c1-5(11)2(8)6(12)4(10)7(13)3(5)9/h2,8,11-13H,1H3. The molecule has 1 saturated heterocycles. The molecule has 0 aliphatic carbocycles. The van der Waals surface area contributed by atoms with Crippen LogP contribution in [0.25, 0.3) is 0 Å². The molecule has 1 aliphatic heterocycles. The van der Waals surface area contributed by atoms with E-state index in [0.29, 0.717) is 0 Å². The summed E-state index contributed by atoms with van der Waals surface area (Å²) >= 11 is 0. The molecule has 0 spiro atoms. The summed E-state index contributed by atoms with van der Waals surface area (Å²) in [6, 6.07) is -1.52. The lowest BCUT2D eigenvalue weighted by Gasteiger charge is -2.38. The van der Waals surface area contributed by atoms with Crippen LogP contribution in [0.3, 0.4) is 0 Å². The second-order valence-corrected chi connectivity index (χ2v) is 2.77. The fourth-order valence-corrected chi connectivity index (χ4v) is 0.851. The number of aliphatic hydroxyl groups excluding tert-OH is 1. The van der Waals surface area contributed by atoms with Crippen molar-refractivity contribution >= 4 is 11.9 Å². The van der Waals surface area contributed by atoms with E-state index in [1.54, 1.807) is 0 Å². The molecule has 0 aromatic carbocycles. The van der Waals surface area contributed by atoms with Crippen molar-refractivity contribution in [3.63, 3.8) is 0 Å². The van der Waals surface area contributed by atoms with E-state index >= 15 is 0 Å². The Morgan fingerprint density at radius 3 is 2.31 bits per heavy atom. The molecule has 0 aromatic rings. The molecule has 1 fully saturated rings. The van der Waals surface area contributed by atoms with E-state index in [4.69, 9.17) is 15.5 Å². The Bertz CT molecular complexity index is 264. The average molecular weight is 192 g/mol. The van der Waals surface area contributed by atoms with Crippen molar-refractivity contribution in [2.45, 2.75) is 18.8 Å². The largest absolute Gasteiger partial charge is 0.377 e. The van der Waals surface area contributed by atoms with Gasteiger partial charge in [-0.25, -0.2) is 4.79 Å². The van der Waals surface area contributed by atoms with E-state index in [2.05, 4.69) is 0 Å². The van der Waals surface area contributed by atoms with Crippen LogP contribution in [0.5, 0.6) is 0 Å². The van der Waals surface area contributed by atoms with Crippen LogP contribution in [0.15, 0.2) is 0 Å². The first-order chi connectivity index (χ1) is 5.80. The number of carbonyl (C=O) groups excluding carboxylic acids is 2. The van der Waals surface area contributed by atoms with E-state index in [9.17, 15) is 14.7 Å². The Kier molecular flexibility index (Phi) is 2.00. The van der Waals surface area contributed by atoms with E-state index in [0.717, 1.165) is 6.92 Å². The first kappa shape index (κ1) is 9.86. The molecule has 74 valence electrons. The highest BCUT2D eigenvalue weighted by molar-refractivity contribution is 5.99. The number of nitrogens with zero attached hydrogens (tertiary/aromatic N) is 2. The second kappa shape index (κ2) is 2.64. The SMILES string of the molecule is CC1(O)C(=O)N(O)C(=O)N(O)C1O. The van der Waals surface area contributed by atoms with Crippen LogP contribution in [-0.4, -0.2) is 54.5 Å². The Labute approximate surface area is 72.1 Å². The number of rotatable bonds is 0. The first-order valence-corrected chi connectivity index (χ1v) is 3.26. The van der Waals surface area contributed by atoms with E-state index in [1.807, 2.05) is 0 Å². The summed E-state index contributed by atoms with van der Waals surface area (Å²) in [6.45, 7) is 0.846. The van der Waals surface area contributed by atoms with Gasteiger partial charge in [-0.1, -0.05) is 0 Å². The molecule has 1 rings (SSSR count). The van der Waals surface area contributed by atoms with Crippen LogP contribution in [-0.2, 0) is 4.79 Å². The summed E-state index contributed by atoms with van der Waals surface area (Å²) in [7, 11) is 0. The topological polar surface area (TPSA) is 122 Å². The fourth-order valence-electron chi connectivity index (χ4n) is 0.851. The third kappa shape index (κ3) is 1.16. The van der Waals surface area contributed by atoms with Crippen molar-refractivity contribution in [3.8, 4) is 0 Å². The highest BCUT2D eigenvalue weighted by Crippen LogP contribution is 2.21. The quantitative estimate of drug-likeness (QED) is 0.332. The lowest BCUT2D eigenvalue weighted by atomic mass is 10.0. The number of urea groups is 1. The lowest BCUT2D eigenvalue weighted by Crippen LogP contribution is -2.68. The zero-order valence-electron chi connectivity index (χ0n) is 6.58. The first-order valence-electron chi connectivity index (χ1n) is 3.26. The maximum Gasteiger partial charge on any atom is 0.377 e. The molecular weight excluding hydrogens is 184 g/mol. The molecule has 8 heteroatoms. The molecule has 3 amide bonds. The van der Waals surface area contributed by atoms with Gasteiger partial charge in [-0.3, -0.25) is 15.2 Å². The van der Waals surface area contributed by atoms with Crippen molar-refractivity contribution in [1.29, 1.82) is 0 Å². The van der Waals surface area contributed by atoms with Gasteiger partial charge in [0.05, 0.1) is 0 Å². The normalized spacial score (nSPS) is 35.6. The number of aliphatic hydroxyl groups is 2. The third-order valence-corrected chi connectivity index (χ3v) is 1.74. The molecule has 0 bridgehead atoms. The van der Waals surface area contributed by atoms with Gasteiger partial charge in [0.25, 0.3) is 5.91 Å². The van der Waals surface area contributed by atoms with Gasteiger partial charge in [0.15, 0.2) is 11.8 Å². The molecule has 2 unspecified atom stereocenters. The maximum absolute atomic E-state index is 10.9.